The smallest absolute Gasteiger partial charge is 0.265 e. The van der Waals surface area contributed by atoms with Crippen molar-refractivity contribution in [3.05, 3.63) is 0 Å². The van der Waals surface area contributed by atoms with Gasteiger partial charge in [-0.3, -0.25) is 4.18 Å². The van der Waals surface area contributed by atoms with Crippen LogP contribution < -0.4 is 0 Å². The van der Waals surface area contributed by atoms with Gasteiger partial charge < -0.3 is 0 Å². The molecule has 0 saturated carbocycles. The maximum atomic E-state index is 13.1. The molecular weight excluding hydrogens is 359 g/mol. The maximum absolute atomic E-state index is 13.1. The second kappa shape index (κ2) is 6.42. The Morgan fingerprint density at radius 1 is 0.818 bits per heavy atom. The summed E-state index contributed by atoms with van der Waals surface area (Å²) in [5.74, 6) is -14.5. The van der Waals surface area contributed by atoms with Crippen molar-refractivity contribution in [1.82, 2.24) is 0 Å². The Labute approximate surface area is 119 Å². The summed E-state index contributed by atoms with van der Waals surface area (Å²) in [4.78, 5) is 0. The van der Waals surface area contributed by atoms with E-state index < -0.39 is 40.0 Å². The highest BCUT2D eigenvalue weighted by molar-refractivity contribution is 7.87. The quantitative estimate of drug-likeness (QED) is 0.369. The molecule has 0 amide bonds. The third kappa shape index (κ3) is 3.60. The van der Waals surface area contributed by atoms with Crippen LogP contribution in [-0.2, 0) is 14.3 Å². The summed E-state index contributed by atoms with van der Waals surface area (Å²) in [6, 6.07) is 0. The standard InChI is InChI=1S/C9H11F9O3S/c1-2-3-4-5-21-22(19,20)9(17,18)7(12,13)6(10,11)8(14,15)16/h2-5H2,1H3. The molecule has 0 unspecified atom stereocenters. The first-order valence-corrected chi connectivity index (χ1v) is 7.06. The fourth-order valence-electron chi connectivity index (χ4n) is 1.11. The van der Waals surface area contributed by atoms with Gasteiger partial charge in [0, 0.05) is 0 Å². The molecule has 0 aromatic carbocycles. The monoisotopic (exact) mass is 370 g/mol. The molecule has 0 aliphatic heterocycles. The Balaban J connectivity index is 5.52. The normalized spacial score (nSPS) is 15.2. The first-order chi connectivity index (χ1) is 9.56. The predicted molar refractivity (Wildman–Crippen MR) is 55.3 cm³/mol. The second-order valence-electron chi connectivity index (χ2n) is 4.15. The van der Waals surface area contributed by atoms with Gasteiger partial charge >= 0.3 is 33.4 Å². The van der Waals surface area contributed by atoms with Crippen molar-refractivity contribution < 1.29 is 52.1 Å². The lowest BCUT2D eigenvalue weighted by atomic mass is 10.1. The number of hydrogen-bond acceptors (Lipinski definition) is 3. The lowest BCUT2D eigenvalue weighted by Gasteiger charge is -2.32. The van der Waals surface area contributed by atoms with Gasteiger partial charge in [-0.05, 0) is 6.42 Å². The first kappa shape index (κ1) is 21.3. The SMILES string of the molecule is CCCCCOS(=O)(=O)C(F)(F)C(F)(F)C(F)(F)C(F)(F)F. The van der Waals surface area contributed by atoms with Crippen molar-refractivity contribution in [3.63, 3.8) is 0 Å². The topological polar surface area (TPSA) is 43.4 Å². The fraction of sp³-hybridized carbons (Fsp3) is 1.00. The van der Waals surface area contributed by atoms with E-state index in [1.807, 2.05) is 0 Å². The van der Waals surface area contributed by atoms with Crippen molar-refractivity contribution in [2.24, 2.45) is 0 Å². The van der Waals surface area contributed by atoms with E-state index in [9.17, 15) is 47.9 Å². The van der Waals surface area contributed by atoms with Gasteiger partial charge in [-0.2, -0.15) is 47.9 Å². The van der Waals surface area contributed by atoms with Gasteiger partial charge in [0.1, 0.15) is 0 Å². The zero-order valence-electron chi connectivity index (χ0n) is 10.9. The highest BCUT2D eigenvalue weighted by atomic mass is 32.2. The van der Waals surface area contributed by atoms with Gasteiger partial charge in [-0.15, -0.1) is 0 Å². The van der Waals surface area contributed by atoms with Crippen LogP contribution >= 0.6 is 0 Å². The molecule has 0 atom stereocenters. The van der Waals surface area contributed by atoms with Crippen LogP contribution in [-0.4, -0.2) is 38.3 Å². The van der Waals surface area contributed by atoms with Crippen LogP contribution in [0.2, 0.25) is 0 Å². The Morgan fingerprint density at radius 2 is 1.27 bits per heavy atom. The van der Waals surface area contributed by atoms with Crippen molar-refractivity contribution >= 4 is 10.1 Å². The highest BCUT2D eigenvalue weighted by Crippen LogP contribution is 2.54. The molecule has 0 aromatic heterocycles. The summed E-state index contributed by atoms with van der Waals surface area (Å²) >= 11 is 0. The number of hydrogen-bond donors (Lipinski definition) is 0. The van der Waals surface area contributed by atoms with E-state index in [0.29, 0.717) is 6.42 Å². The van der Waals surface area contributed by atoms with E-state index in [-0.39, 0.29) is 12.8 Å². The van der Waals surface area contributed by atoms with Gasteiger partial charge in [-0.25, -0.2) is 0 Å². The Bertz CT molecular complexity index is 469. The summed E-state index contributed by atoms with van der Waals surface area (Å²) in [7, 11) is -6.70. The highest BCUT2D eigenvalue weighted by Gasteiger charge is 2.85. The van der Waals surface area contributed by atoms with Crippen molar-refractivity contribution in [2.45, 2.75) is 49.5 Å². The number of alkyl halides is 9. The number of rotatable bonds is 8. The molecule has 0 aliphatic rings. The predicted octanol–water partition coefficient (Wildman–Crippen LogP) is 3.95. The first-order valence-electron chi connectivity index (χ1n) is 5.65. The fourth-order valence-corrected chi connectivity index (χ4v) is 2.04. The van der Waals surface area contributed by atoms with E-state index in [1.54, 1.807) is 6.92 Å². The third-order valence-electron chi connectivity index (χ3n) is 2.42. The molecule has 0 rings (SSSR count). The Hall–Kier alpha value is -0.720. The van der Waals surface area contributed by atoms with Crippen LogP contribution in [0.1, 0.15) is 26.2 Å². The van der Waals surface area contributed by atoms with Gasteiger partial charge in [0.05, 0.1) is 6.61 Å². The molecule has 0 fully saturated rings. The minimum atomic E-state index is -7.27. The minimum absolute atomic E-state index is 0.201. The molecule has 13 heteroatoms. The van der Waals surface area contributed by atoms with Crippen LogP contribution in [0.3, 0.4) is 0 Å². The van der Waals surface area contributed by atoms with Crippen LogP contribution in [0, 0.1) is 0 Å². The van der Waals surface area contributed by atoms with Crippen LogP contribution in [0.4, 0.5) is 39.5 Å². The number of halogens is 9. The molecule has 0 aromatic rings. The summed E-state index contributed by atoms with van der Waals surface area (Å²) in [6.45, 7) is 0.542. The molecule has 22 heavy (non-hydrogen) atoms. The summed E-state index contributed by atoms with van der Waals surface area (Å²) in [6.07, 6.45) is -6.61. The number of unbranched alkanes of at least 4 members (excludes halogenated alkanes) is 2. The average molecular weight is 370 g/mol. The molecule has 0 saturated heterocycles. The second-order valence-corrected chi connectivity index (χ2v) is 5.80. The molecule has 0 radical (unpaired) electrons. The zero-order valence-corrected chi connectivity index (χ0v) is 11.7. The summed E-state index contributed by atoms with van der Waals surface area (Å²) in [5, 5.41) is -6.77. The Kier molecular flexibility index (Phi) is 6.21. The van der Waals surface area contributed by atoms with E-state index >= 15 is 0 Å². The van der Waals surface area contributed by atoms with E-state index in [2.05, 4.69) is 4.18 Å². The van der Waals surface area contributed by atoms with E-state index in [0.717, 1.165) is 0 Å². The van der Waals surface area contributed by atoms with Gasteiger partial charge in [-0.1, -0.05) is 19.8 Å². The van der Waals surface area contributed by atoms with E-state index in [1.165, 1.54) is 0 Å². The molecule has 0 heterocycles. The Morgan fingerprint density at radius 3 is 1.64 bits per heavy atom. The molecular formula is C9H11F9O3S. The van der Waals surface area contributed by atoms with Gasteiger partial charge in [0.25, 0.3) is 0 Å². The van der Waals surface area contributed by atoms with Crippen molar-refractivity contribution in [2.75, 3.05) is 6.61 Å². The lowest BCUT2D eigenvalue weighted by molar-refractivity contribution is -0.382. The third-order valence-corrected chi connectivity index (χ3v) is 3.78. The van der Waals surface area contributed by atoms with Gasteiger partial charge in [0.15, 0.2) is 0 Å². The molecule has 134 valence electrons. The zero-order chi connectivity index (χ0) is 18.0. The largest absolute Gasteiger partial charge is 0.460 e. The molecule has 0 aliphatic carbocycles. The molecule has 3 nitrogen and oxygen atoms in total. The van der Waals surface area contributed by atoms with Crippen LogP contribution in [0.25, 0.3) is 0 Å². The summed E-state index contributed by atoms with van der Waals surface area (Å²) < 4.78 is 137. The van der Waals surface area contributed by atoms with Crippen LogP contribution in [0.5, 0.6) is 0 Å². The van der Waals surface area contributed by atoms with Crippen LogP contribution in [0.15, 0.2) is 0 Å². The minimum Gasteiger partial charge on any atom is -0.265 e. The molecule has 0 bridgehead atoms. The van der Waals surface area contributed by atoms with Crippen molar-refractivity contribution in [1.29, 1.82) is 0 Å². The average Bonchev–Trinajstić information content (AvgIpc) is 2.32. The molecule has 0 N–H and O–H groups in total. The maximum Gasteiger partial charge on any atom is 0.460 e. The molecule has 0 spiro atoms. The summed E-state index contributed by atoms with van der Waals surface area (Å²) in [5.41, 5.74) is 0. The van der Waals surface area contributed by atoms with Crippen molar-refractivity contribution in [3.8, 4) is 0 Å². The van der Waals surface area contributed by atoms with Gasteiger partial charge in [0.2, 0.25) is 0 Å². The lowest BCUT2D eigenvalue weighted by Crippen LogP contribution is -2.63. The van der Waals surface area contributed by atoms with E-state index in [4.69, 9.17) is 0 Å².